The molecule has 2 heteroatoms. The summed E-state index contributed by atoms with van der Waals surface area (Å²) in [6.07, 6.45) is 0. The number of Topliss-reactive ketones (excluding diaryl/α,β-unsaturated/α-hetero) is 1. The predicted octanol–water partition coefficient (Wildman–Crippen LogP) is 0.253. The maximum Gasteiger partial charge on any atom is 0.193 e. The van der Waals surface area contributed by atoms with Crippen LogP contribution in [0.25, 0.3) is 0 Å². The third-order valence-corrected chi connectivity index (χ3v) is 0.704. The number of carbonyl (C=O) groups is 1. The first-order chi connectivity index (χ1) is 2.27. The van der Waals surface area contributed by atoms with Crippen LogP contribution < -0.4 is 0 Å². The van der Waals surface area contributed by atoms with Crippen LogP contribution in [0.2, 0.25) is 0 Å². The molecule has 0 fully saturated rings. The maximum atomic E-state index is 9.74. The molecule has 5 heavy (non-hydrogen) atoms. The molecule has 0 aliphatic rings. The summed E-state index contributed by atoms with van der Waals surface area (Å²) >= 11 is 0. The minimum atomic E-state index is 0.0926. The first-order valence-corrected chi connectivity index (χ1v) is 1.99. The topological polar surface area (TPSA) is 17.1 Å². The molecular formula is C3H6OP+. The van der Waals surface area contributed by atoms with Crippen LogP contribution in [0.3, 0.4) is 0 Å². The van der Waals surface area contributed by atoms with E-state index in [2.05, 4.69) is 8.86 Å². The monoisotopic (exact) mass is 89.0 g/mol. The lowest BCUT2D eigenvalue weighted by Crippen LogP contribution is -1.82. The molecule has 0 heterocycles. The Hall–Kier alpha value is -0.160. The summed E-state index contributed by atoms with van der Waals surface area (Å²) in [5, 5.41) is 0. The molecule has 0 aliphatic heterocycles. The summed E-state index contributed by atoms with van der Waals surface area (Å²) in [6.45, 7) is 1.51. The Balaban J connectivity index is 3.20. The van der Waals surface area contributed by atoms with Crippen LogP contribution in [0.1, 0.15) is 6.92 Å². The molecule has 1 atom stereocenters. The number of hydrogen-bond donors (Lipinski definition) is 0. The number of carbonyl (C=O) groups excluding carboxylic acids is 1. The molecule has 0 saturated heterocycles. The maximum absolute atomic E-state index is 9.74. The minimum absolute atomic E-state index is 0.0926. The lowest BCUT2D eigenvalue weighted by molar-refractivity contribution is -0.110. The van der Waals surface area contributed by atoms with Crippen molar-refractivity contribution >= 4 is 20.4 Å². The zero-order chi connectivity index (χ0) is 4.28. The van der Waals surface area contributed by atoms with E-state index >= 15 is 0 Å². The van der Waals surface area contributed by atoms with Crippen molar-refractivity contribution < 1.29 is 4.79 Å². The van der Waals surface area contributed by atoms with E-state index in [0.717, 1.165) is 0 Å². The molecule has 0 bridgehead atoms. The summed E-state index contributed by atoms with van der Waals surface area (Å²) < 4.78 is 0. The Bertz CT molecular complexity index is 57.9. The van der Waals surface area contributed by atoms with E-state index in [1.54, 1.807) is 0 Å². The Morgan fingerprint density at radius 1 is 2.00 bits per heavy atom. The van der Waals surface area contributed by atoms with Gasteiger partial charge in [-0.1, -0.05) is 0 Å². The van der Waals surface area contributed by atoms with Gasteiger partial charge in [0.05, 0.1) is 8.86 Å². The molecule has 0 aliphatic carbocycles. The fourth-order valence-electron chi connectivity index (χ4n) is 0. The average Bonchev–Trinajstić information content (AvgIpc) is 1.38. The molecule has 0 amide bonds. The van der Waals surface area contributed by atoms with Gasteiger partial charge in [0, 0.05) is 6.92 Å². The van der Waals surface area contributed by atoms with Crippen molar-refractivity contribution in [3.05, 3.63) is 0 Å². The highest BCUT2D eigenvalue weighted by molar-refractivity contribution is 7.22. The highest BCUT2D eigenvalue weighted by Crippen LogP contribution is 1.58. The van der Waals surface area contributed by atoms with Gasteiger partial charge >= 0.3 is 0 Å². The van der Waals surface area contributed by atoms with Gasteiger partial charge < -0.3 is 0 Å². The highest BCUT2D eigenvalue weighted by Gasteiger charge is 1.76. The van der Waals surface area contributed by atoms with Gasteiger partial charge in [-0.15, -0.1) is 0 Å². The van der Waals surface area contributed by atoms with Crippen LogP contribution in [-0.4, -0.2) is 11.6 Å². The highest BCUT2D eigenvalue weighted by atomic mass is 31.0. The molecule has 0 aromatic heterocycles. The SMILES string of the molecule is CC(=O)C=[PH2+]. The van der Waals surface area contributed by atoms with Crippen LogP contribution in [0.5, 0.6) is 0 Å². The Labute approximate surface area is 33.2 Å². The number of hydrogen-bond acceptors (Lipinski definition) is 1. The van der Waals surface area contributed by atoms with Gasteiger partial charge in [0.25, 0.3) is 0 Å². The Morgan fingerprint density at radius 2 is 2.20 bits per heavy atom. The first kappa shape index (κ1) is 4.84. The van der Waals surface area contributed by atoms with Crippen molar-refractivity contribution in [3.8, 4) is 0 Å². The van der Waals surface area contributed by atoms with Crippen LogP contribution in [0.4, 0.5) is 0 Å². The molecule has 0 rings (SSSR count). The fraction of sp³-hybridized carbons (Fsp3) is 0.333. The van der Waals surface area contributed by atoms with Crippen molar-refractivity contribution in [1.29, 1.82) is 0 Å². The fourth-order valence-corrected chi connectivity index (χ4v) is 0. The standard InChI is InChI=1S/C3H5OP/c1-3(4)2-5/h2,5H,1H3/p+1. The second-order valence-corrected chi connectivity index (χ2v) is 1.11. The third-order valence-electron chi connectivity index (χ3n) is 0.235. The number of rotatable bonds is 1. The smallest absolute Gasteiger partial charge is 0.193 e. The van der Waals surface area contributed by atoms with E-state index < -0.39 is 0 Å². The van der Waals surface area contributed by atoms with Gasteiger partial charge in [-0.25, -0.2) is 0 Å². The van der Waals surface area contributed by atoms with E-state index in [0.29, 0.717) is 0 Å². The molecule has 28 valence electrons. The quantitative estimate of drug-likeness (QED) is 0.421. The first-order valence-electron chi connectivity index (χ1n) is 1.33. The molecule has 1 nitrogen and oxygen atoms in total. The molecule has 0 spiro atoms. The van der Waals surface area contributed by atoms with Gasteiger partial charge in [-0.2, -0.15) is 0 Å². The van der Waals surface area contributed by atoms with Gasteiger partial charge in [-0.3, -0.25) is 4.79 Å². The van der Waals surface area contributed by atoms with E-state index in [9.17, 15) is 4.79 Å². The van der Waals surface area contributed by atoms with E-state index in [-0.39, 0.29) is 5.78 Å². The van der Waals surface area contributed by atoms with Crippen LogP contribution in [0, 0.1) is 0 Å². The van der Waals surface area contributed by atoms with Gasteiger partial charge in [-0.05, 0) is 0 Å². The zero-order valence-electron chi connectivity index (χ0n) is 3.06. The normalized spacial score (nSPS) is 6.60. The van der Waals surface area contributed by atoms with Crippen molar-refractivity contribution in [2.24, 2.45) is 0 Å². The molecule has 0 saturated carbocycles. The summed E-state index contributed by atoms with van der Waals surface area (Å²) in [5.74, 6) is 1.54. The van der Waals surface area contributed by atoms with E-state index in [1.807, 2.05) is 0 Å². The molecule has 0 N–H and O–H groups in total. The summed E-state index contributed by atoms with van der Waals surface area (Å²) in [7, 11) is 2.22. The third kappa shape index (κ3) is 3.84. The van der Waals surface area contributed by atoms with Gasteiger partial charge in [0.2, 0.25) is 0 Å². The van der Waals surface area contributed by atoms with E-state index in [4.69, 9.17) is 0 Å². The van der Waals surface area contributed by atoms with Crippen LogP contribution in [-0.2, 0) is 4.79 Å². The second kappa shape index (κ2) is 2.10. The summed E-state index contributed by atoms with van der Waals surface area (Å²) in [5.41, 5.74) is 0. The number of ketones is 1. The molecule has 0 radical (unpaired) electrons. The van der Waals surface area contributed by atoms with Crippen molar-refractivity contribution in [1.82, 2.24) is 0 Å². The van der Waals surface area contributed by atoms with E-state index in [1.165, 1.54) is 12.7 Å². The molecular weight excluding hydrogens is 83.0 g/mol. The summed E-state index contributed by atoms with van der Waals surface area (Å²) in [6, 6.07) is 0. The minimum Gasteiger partial charge on any atom is -0.291 e. The molecule has 0 aromatic carbocycles. The Morgan fingerprint density at radius 3 is 2.20 bits per heavy atom. The van der Waals surface area contributed by atoms with Crippen LogP contribution >= 0.6 is 8.86 Å². The molecule has 0 aromatic rings. The predicted molar refractivity (Wildman–Crippen MR) is 26.5 cm³/mol. The largest absolute Gasteiger partial charge is 0.291 e. The van der Waals surface area contributed by atoms with Crippen LogP contribution in [0.15, 0.2) is 0 Å². The Kier molecular flexibility index (Phi) is 2.03. The summed E-state index contributed by atoms with van der Waals surface area (Å²) in [4.78, 5) is 9.74. The van der Waals surface area contributed by atoms with Gasteiger partial charge in [0.15, 0.2) is 5.78 Å². The van der Waals surface area contributed by atoms with Crippen molar-refractivity contribution in [3.63, 3.8) is 0 Å². The lowest BCUT2D eigenvalue weighted by atomic mass is 10.5. The average molecular weight is 89.1 g/mol. The lowest BCUT2D eigenvalue weighted by Gasteiger charge is -1.56. The van der Waals surface area contributed by atoms with Crippen molar-refractivity contribution in [2.75, 3.05) is 0 Å². The zero-order valence-corrected chi connectivity index (χ0v) is 4.22. The second-order valence-electron chi connectivity index (χ2n) is 0.777. The van der Waals surface area contributed by atoms with Crippen molar-refractivity contribution in [2.45, 2.75) is 6.92 Å². The van der Waals surface area contributed by atoms with Gasteiger partial charge in [0.1, 0.15) is 5.80 Å². The molecule has 1 unspecified atom stereocenters.